The minimum absolute atomic E-state index is 0.185. The maximum Gasteiger partial charge on any atom is 0.226 e. The molecule has 2 aromatic carbocycles. The van der Waals surface area contributed by atoms with Crippen LogP contribution < -0.4 is 10.1 Å². The summed E-state index contributed by atoms with van der Waals surface area (Å²) in [6.45, 7) is 0.522. The first-order valence-electron chi connectivity index (χ1n) is 9.49. The van der Waals surface area contributed by atoms with Crippen molar-refractivity contribution < 1.29 is 9.53 Å². The zero-order chi connectivity index (χ0) is 18.9. The van der Waals surface area contributed by atoms with Crippen molar-refractivity contribution in [2.45, 2.75) is 31.9 Å². The Balaban J connectivity index is 1.43. The van der Waals surface area contributed by atoms with Crippen molar-refractivity contribution in [3.05, 3.63) is 83.3 Å². The van der Waals surface area contributed by atoms with E-state index in [1.807, 2.05) is 54.6 Å². The Morgan fingerprint density at radius 2 is 1.89 bits per heavy atom. The number of ketones is 1. The number of rotatable bonds is 4. The second kappa shape index (κ2) is 6.96. The van der Waals surface area contributed by atoms with Gasteiger partial charge in [0, 0.05) is 17.7 Å². The van der Waals surface area contributed by atoms with E-state index in [-0.39, 0.29) is 11.8 Å². The molecule has 3 aromatic rings. The molecule has 0 saturated heterocycles. The van der Waals surface area contributed by atoms with Gasteiger partial charge in [0.15, 0.2) is 5.78 Å². The topological polar surface area (TPSA) is 69.0 Å². The monoisotopic (exact) mass is 372 g/mol. The molecule has 1 aliphatic carbocycles. The molecule has 2 heterocycles. The minimum atomic E-state index is -0.246. The first-order valence-corrected chi connectivity index (χ1v) is 9.49. The van der Waals surface area contributed by atoms with E-state index < -0.39 is 0 Å². The lowest BCUT2D eigenvalue weighted by molar-refractivity contribution is -0.116. The molecule has 140 valence electrons. The largest absolute Gasteiger partial charge is 0.489 e. The zero-order valence-corrected chi connectivity index (χ0v) is 15.3. The highest BCUT2D eigenvalue weighted by atomic mass is 16.5. The molecular formula is C22H20N4O2. The van der Waals surface area contributed by atoms with Crippen molar-refractivity contribution in [2.24, 2.45) is 0 Å². The highest BCUT2D eigenvalue weighted by Gasteiger charge is 2.35. The number of ether oxygens (including phenoxy) is 1. The highest BCUT2D eigenvalue weighted by molar-refractivity contribution is 5.99. The highest BCUT2D eigenvalue weighted by Crippen LogP contribution is 2.39. The molecule has 0 radical (unpaired) electrons. The SMILES string of the molecule is O=C1CCCC2=C1[C@H](c1ccc(OCc3ccccc3)cc1)n1ncnc1N2. The number of hydrogen-bond acceptors (Lipinski definition) is 5. The summed E-state index contributed by atoms with van der Waals surface area (Å²) in [4.78, 5) is 17.0. The van der Waals surface area contributed by atoms with E-state index in [1.54, 1.807) is 4.68 Å². The fourth-order valence-corrected chi connectivity index (χ4v) is 3.89. The Morgan fingerprint density at radius 3 is 2.71 bits per heavy atom. The van der Waals surface area contributed by atoms with Gasteiger partial charge >= 0.3 is 0 Å². The Labute approximate surface area is 162 Å². The normalized spacial score (nSPS) is 18.3. The number of allylic oxidation sites excluding steroid dienone is 2. The van der Waals surface area contributed by atoms with E-state index in [2.05, 4.69) is 15.4 Å². The maximum atomic E-state index is 12.7. The molecule has 1 aromatic heterocycles. The first kappa shape index (κ1) is 16.7. The average molecular weight is 372 g/mol. The van der Waals surface area contributed by atoms with Gasteiger partial charge in [-0.3, -0.25) is 4.79 Å². The van der Waals surface area contributed by atoms with Crippen LogP contribution in [0.3, 0.4) is 0 Å². The number of carbonyl (C=O) groups is 1. The van der Waals surface area contributed by atoms with Gasteiger partial charge in [-0.2, -0.15) is 10.1 Å². The molecule has 0 spiro atoms. The quantitative estimate of drug-likeness (QED) is 0.753. The van der Waals surface area contributed by atoms with Crippen LogP contribution in [0.4, 0.5) is 5.95 Å². The lowest BCUT2D eigenvalue weighted by atomic mass is 9.85. The number of benzene rings is 2. The Hall–Kier alpha value is -3.41. The molecule has 0 fully saturated rings. The number of hydrogen-bond donors (Lipinski definition) is 1. The molecule has 28 heavy (non-hydrogen) atoms. The summed E-state index contributed by atoms with van der Waals surface area (Å²) in [7, 11) is 0. The van der Waals surface area contributed by atoms with Crippen LogP contribution in [0, 0.1) is 0 Å². The van der Waals surface area contributed by atoms with E-state index >= 15 is 0 Å². The fraction of sp³-hybridized carbons (Fsp3) is 0.227. The predicted molar refractivity (Wildman–Crippen MR) is 105 cm³/mol. The summed E-state index contributed by atoms with van der Waals surface area (Å²) >= 11 is 0. The number of aromatic nitrogens is 3. The predicted octanol–water partition coefficient (Wildman–Crippen LogP) is 3.88. The third kappa shape index (κ3) is 2.97. The van der Waals surface area contributed by atoms with E-state index in [1.165, 1.54) is 6.33 Å². The molecule has 1 atom stereocenters. The number of nitrogens with zero attached hydrogens (tertiary/aromatic N) is 3. The van der Waals surface area contributed by atoms with Gasteiger partial charge in [0.25, 0.3) is 0 Å². The van der Waals surface area contributed by atoms with Crippen molar-refractivity contribution in [3.8, 4) is 5.75 Å². The zero-order valence-electron chi connectivity index (χ0n) is 15.3. The van der Waals surface area contributed by atoms with Gasteiger partial charge in [-0.05, 0) is 36.1 Å². The lowest BCUT2D eigenvalue weighted by Gasteiger charge is -2.32. The average Bonchev–Trinajstić information content (AvgIpc) is 3.20. The van der Waals surface area contributed by atoms with Crippen LogP contribution in [0.2, 0.25) is 0 Å². The van der Waals surface area contributed by atoms with Crippen LogP contribution >= 0.6 is 0 Å². The lowest BCUT2D eigenvalue weighted by Crippen LogP contribution is -2.31. The van der Waals surface area contributed by atoms with Gasteiger partial charge in [-0.15, -0.1) is 0 Å². The van der Waals surface area contributed by atoms with Crippen LogP contribution in [0.1, 0.15) is 36.4 Å². The second-order valence-corrected chi connectivity index (χ2v) is 7.07. The summed E-state index contributed by atoms with van der Waals surface area (Å²) in [5.74, 6) is 1.66. The van der Waals surface area contributed by atoms with Crippen molar-refractivity contribution in [1.82, 2.24) is 14.8 Å². The molecule has 0 bridgehead atoms. The van der Waals surface area contributed by atoms with Gasteiger partial charge < -0.3 is 10.1 Å². The van der Waals surface area contributed by atoms with Crippen molar-refractivity contribution in [3.63, 3.8) is 0 Å². The van der Waals surface area contributed by atoms with E-state index in [9.17, 15) is 4.79 Å². The van der Waals surface area contributed by atoms with Gasteiger partial charge in [-0.1, -0.05) is 42.5 Å². The van der Waals surface area contributed by atoms with E-state index in [0.29, 0.717) is 19.0 Å². The van der Waals surface area contributed by atoms with Crippen LogP contribution in [-0.2, 0) is 11.4 Å². The molecule has 5 rings (SSSR count). The van der Waals surface area contributed by atoms with Crippen LogP contribution in [0.25, 0.3) is 0 Å². The van der Waals surface area contributed by atoms with Crippen LogP contribution in [0.5, 0.6) is 5.75 Å². The summed E-state index contributed by atoms with van der Waals surface area (Å²) in [6, 6.07) is 17.7. The van der Waals surface area contributed by atoms with Gasteiger partial charge in [-0.25, -0.2) is 4.68 Å². The Bertz CT molecular complexity index is 1040. The maximum absolute atomic E-state index is 12.7. The van der Waals surface area contributed by atoms with Gasteiger partial charge in [0.2, 0.25) is 5.95 Å². The number of carbonyl (C=O) groups excluding carboxylic acids is 1. The standard InChI is InChI=1S/C22H20N4O2/c27-19-8-4-7-18-20(19)21(26-22(25-18)23-14-24-26)16-9-11-17(12-10-16)28-13-15-5-2-1-3-6-15/h1-3,5-6,9-12,14,21H,4,7-8,13H2,(H,23,24,25)/t21-/m0/s1. The molecule has 0 unspecified atom stereocenters. The second-order valence-electron chi connectivity index (χ2n) is 7.07. The number of fused-ring (bicyclic) bond motifs is 1. The van der Waals surface area contributed by atoms with Crippen LogP contribution in [-0.4, -0.2) is 20.5 Å². The van der Waals surface area contributed by atoms with Crippen LogP contribution in [0.15, 0.2) is 72.2 Å². The Morgan fingerprint density at radius 1 is 1.07 bits per heavy atom. The van der Waals surface area contributed by atoms with E-state index in [4.69, 9.17) is 4.74 Å². The van der Waals surface area contributed by atoms with E-state index in [0.717, 1.165) is 41.0 Å². The molecular weight excluding hydrogens is 352 g/mol. The fourth-order valence-electron chi connectivity index (χ4n) is 3.89. The smallest absolute Gasteiger partial charge is 0.226 e. The number of nitrogens with one attached hydrogen (secondary N) is 1. The molecule has 2 aliphatic rings. The minimum Gasteiger partial charge on any atom is -0.489 e. The van der Waals surface area contributed by atoms with Gasteiger partial charge in [0.05, 0.1) is 0 Å². The summed E-state index contributed by atoms with van der Waals surface area (Å²) in [6.07, 6.45) is 3.84. The molecule has 1 aliphatic heterocycles. The summed E-state index contributed by atoms with van der Waals surface area (Å²) in [5, 5.41) is 7.65. The summed E-state index contributed by atoms with van der Waals surface area (Å²) in [5.41, 5.74) is 3.91. The molecule has 6 heteroatoms. The first-order chi connectivity index (χ1) is 13.8. The summed E-state index contributed by atoms with van der Waals surface area (Å²) < 4.78 is 7.68. The van der Waals surface area contributed by atoms with Gasteiger partial charge in [0.1, 0.15) is 24.7 Å². The van der Waals surface area contributed by atoms with Crippen molar-refractivity contribution in [1.29, 1.82) is 0 Å². The molecule has 0 saturated carbocycles. The Kier molecular flexibility index (Phi) is 4.16. The van der Waals surface area contributed by atoms with Crippen molar-refractivity contribution >= 4 is 11.7 Å². The third-order valence-electron chi connectivity index (χ3n) is 5.25. The third-order valence-corrected chi connectivity index (χ3v) is 5.25. The number of anilines is 1. The number of Topliss-reactive ketones (excluding diaryl/α,β-unsaturated/α-hetero) is 1. The molecule has 0 amide bonds. The molecule has 6 nitrogen and oxygen atoms in total. The van der Waals surface area contributed by atoms with Crippen molar-refractivity contribution in [2.75, 3.05) is 5.32 Å². The molecule has 1 N–H and O–H groups in total.